The average Bonchev–Trinajstić information content (AvgIpc) is 2.71. The van der Waals surface area contributed by atoms with Gasteiger partial charge in [0, 0.05) is 6.04 Å². The Hall–Kier alpha value is -1.77. The lowest BCUT2D eigenvalue weighted by molar-refractivity contribution is 0.0175. The van der Waals surface area contributed by atoms with Gasteiger partial charge in [0.25, 0.3) is 0 Å². The predicted octanol–water partition coefficient (Wildman–Crippen LogP) is 4.86. The normalized spacial score (nSPS) is 23.7. The van der Waals surface area contributed by atoms with E-state index in [2.05, 4.69) is 38.1 Å². The third-order valence-corrected chi connectivity index (χ3v) is 4.95. The van der Waals surface area contributed by atoms with Crippen molar-refractivity contribution in [1.82, 2.24) is 4.90 Å². The van der Waals surface area contributed by atoms with Crippen molar-refractivity contribution in [2.75, 3.05) is 0 Å². The number of hydrogen-bond acceptors (Lipinski definition) is 2. The quantitative estimate of drug-likeness (QED) is 0.741. The second kappa shape index (κ2) is 5.70. The zero-order valence-corrected chi connectivity index (χ0v) is 14.8. The van der Waals surface area contributed by atoms with Gasteiger partial charge in [-0.1, -0.05) is 24.3 Å². The SMILES string of the molecule is Cc1cccc(C2=CC3CCC(C2)N3C(=O)OC(C)(C)C)c1C. The van der Waals surface area contributed by atoms with E-state index >= 15 is 0 Å². The van der Waals surface area contributed by atoms with Crippen molar-refractivity contribution in [2.45, 2.75) is 71.6 Å². The monoisotopic (exact) mass is 313 g/mol. The van der Waals surface area contributed by atoms with Crippen molar-refractivity contribution < 1.29 is 9.53 Å². The lowest BCUT2D eigenvalue weighted by atomic mass is 9.90. The van der Waals surface area contributed by atoms with Gasteiger partial charge in [-0.15, -0.1) is 0 Å². The zero-order valence-electron chi connectivity index (χ0n) is 14.8. The summed E-state index contributed by atoms with van der Waals surface area (Å²) in [5, 5.41) is 0. The fourth-order valence-electron chi connectivity index (χ4n) is 3.73. The zero-order chi connectivity index (χ0) is 16.8. The molecule has 3 rings (SSSR count). The fourth-order valence-corrected chi connectivity index (χ4v) is 3.73. The number of nitrogens with zero attached hydrogens (tertiary/aromatic N) is 1. The van der Waals surface area contributed by atoms with Crippen LogP contribution in [0.5, 0.6) is 0 Å². The number of carbonyl (C=O) groups is 1. The molecular weight excluding hydrogens is 286 g/mol. The summed E-state index contributed by atoms with van der Waals surface area (Å²) in [6, 6.07) is 6.94. The minimum atomic E-state index is -0.437. The summed E-state index contributed by atoms with van der Waals surface area (Å²) in [6.45, 7) is 10.1. The number of ether oxygens (including phenoxy) is 1. The highest BCUT2D eigenvalue weighted by Crippen LogP contribution is 2.40. The maximum absolute atomic E-state index is 12.5. The average molecular weight is 313 g/mol. The summed E-state index contributed by atoms with van der Waals surface area (Å²) in [6.07, 6.45) is 5.16. The number of aryl methyl sites for hydroxylation is 1. The van der Waals surface area contributed by atoms with Crippen molar-refractivity contribution in [3.05, 3.63) is 41.0 Å². The van der Waals surface area contributed by atoms with E-state index in [0.29, 0.717) is 0 Å². The maximum atomic E-state index is 12.5. The minimum Gasteiger partial charge on any atom is -0.444 e. The van der Waals surface area contributed by atoms with Gasteiger partial charge < -0.3 is 4.74 Å². The molecule has 2 bridgehead atoms. The van der Waals surface area contributed by atoms with Gasteiger partial charge in [0.05, 0.1) is 6.04 Å². The van der Waals surface area contributed by atoms with E-state index in [1.807, 2.05) is 25.7 Å². The maximum Gasteiger partial charge on any atom is 0.411 e. The van der Waals surface area contributed by atoms with E-state index < -0.39 is 5.60 Å². The molecule has 0 saturated carbocycles. The molecule has 1 aromatic rings. The number of fused-ring (bicyclic) bond motifs is 2. The van der Waals surface area contributed by atoms with Crippen LogP contribution in [0.4, 0.5) is 4.79 Å². The van der Waals surface area contributed by atoms with Crippen LogP contribution in [0, 0.1) is 13.8 Å². The van der Waals surface area contributed by atoms with Gasteiger partial charge in [-0.25, -0.2) is 4.79 Å². The van der Waals surface area contributed by atoms with Gasteiger partial charge in [-0.2, -0.15) is 0 Å². The van der Waals surface area contributed by atoms with Crippen LogP contribution >= 0.6 is 0 Å². The van der Waals surface area contributed by atoms with Crippen molar-refractivity contribution in [1.29, 1.82) is 0 Å². The Bertz CT molecular complexity index is 654. The molecule has 1 saturated heterocycles. The lowest BCUT2D eigenvalue weighted by Crippen LogP contribution is -2.45. The van der Waals surface area contributed by atoms with Crippen LogP contribution in [0.25, 0.3) is 5.57 Å². The third kappa shape index (κ3) is 3.15. The second-order valence-corrected chi connectivity index (χ2v) is 7.83. The molecule has 3 nitrogen and oxygen atoms in total. The topological polar surface area (TPSA) is 29.5 Å². The van der Waals surface area contributed by atoms with Crippen LogP contribution in [0.15, 0.2) is 24.3 Å². The first kappa shape index (κ1) is 16.1. The molecule has 3 heteroatoms. The highest BCUT2D eigenvalue weighted by atomic mass is 16.6. The molecular formula is C20H27NO2. The fraction of sp³-hybridized carbons (Fsp3) is 0.550. The van der Waals surface area contributed by atoms with E-state index in [9.17, 15) is 4.79 Å². The van der Waals surface area contributed by atoms with E-state index in [1.165, 1.54) is 22.3 Å². The number of hydrogen-bond donors (Lipinski definition) is 0. The molecule has 1 aromatic carbocycles. The molecule has 23 heavy (non-hydrogen) atoms. The Balaban J connectivity index is 1.86. The van der Waals surface area contributed by atoms with E-state index in [0.717, 1.165) is 19.3 Å². The van der Waals surface area contributed by atoms with Crippen molar-refractivity contribution in [2.24, 2.45) is 0 Å². The molecule has 2 atom stereocenters. The van der Waals surface area contributed by atoms with Gasteiger partial charge in [0.1, 0.15) is 5.60 Å². The van der Waals surface area contributed by atoms with Crippen molar-refractivity contribution in [3.63, 3.8) is 0 Å². The molecule has 0 aliphatic carbocycles. The molecule has 0 N–H and O–H groups in total. The van der Waals surface area contributed by atoms with Crippen LogP contribution in [0.2, 0.25) is 0 Å². The molecule has 124 valence electrons. The predicted molar refractivity (Wildman–Crippen MR) is 93.4 cm³/mol. The minimum absolute atomic E-state index is 0.165. The number of amides is 1. The van der Waals surface area contributed by atoms with Gasteiger partial charge >= 0.3 is 6.09 Å². The van der Waals surface area contributed by atoms with Gasteiger partial charge in [-0.3, -0.25) is 4.90 Å². The molecule has 0 radical (unpaired) electrons. The van der Waals surface area contributed by atoms with Crippen molar-refractivity contribution in [3.8, 4) is 0 Å². The Morgan fingerprint density at radius 1 is 1.22 bits per heavy atom. The van der Waals surface area contributed by atoms with Crippen LogP contribution in [0.1, 0.15) is 56.7 Å². The third-order valence-electron chi connectivity index (χ3n) is 4.95. The molecule has 0 spiro atoms. The highest BCUT2D eigenvalue weighted by Gasteiger charge is 2.41. The highest BCUT2D eigenvalue weighted by molar-refractivity contribution is 5.76. The van der Waals surface area contributed by atoms with Gasteiger partial charge in [0.15, 0.2) is 0 Å². The van der Waals surface area contributed by atoms with Crippen molar-refractivity contribution >= 4 is 11.7 Å². The van der Waals surface area contributed by atoms with Gasteiger partial charge in [-0.05, 0) is 76.1 Å². The molecule has 0 aromatic heterocycles. The Morgan fingerprint density at radius 3 is 2.61 bits per heavy atom. The summed E-state index contributed by atoms with van der Waals surface area (Å²) in [4.78, 5) is 14.5. The van der Waals surface area contributed by atoms with E-state index in [-0.39, 0.29) is 18.2 Å². The second-order valence-electron chi connectivity index (χ2n) is 7.83. The molecule has 2 unspecified atom stereocenters. The molecule has 2 aliphatic rings. The van der Waals surface area contributed by atoms with E-state index in [4.69, 9.17) is 4.74 Å². The summed E-state index contributed by atoms with van der Waals surface area (Å²) < 4.78 is 5.60. The number of benzene rings is 1. The summed E-state index contributed by atoms with van der Waals surface area (Å²) in [5.74, 6) is 0. The smallest absolute Gasteiger partial charge is 0.411 e. The lowest BCUT2D eigenvalue weighted by Gasteiger charge is -2.35. The summed E-state index contributed by atoms with van der Waals surface area (Å²) in [7, 11) is 0. The summed E-state index contributed by atoms with van der Waals surface area (Å²) >= 11 is 0. The largest absolute Gasteiger partial charge is 0.444 e. The molecule has 1 amide bonds. The number of rotatable bonds is 1. The Kier molecular flexibility index (Phi) is 3.99. The van der Waals surface area contributed by atoms with E-state index in [1.54, 1.807) is 0 Å². The van der Waals surface area contributed by atoms with Crippen LogP contribution in [0.3, 0.4) is 0 Å². The van der Waals surface area contributed by atoms with Gasteiger partial charge in [0.2, 0.25) is 0 Å². The van der Waals surface area contributed by atoms with Crippen LogP contribution < -0.4 is 0 Å². The molecule has 2 aliphatic heterocycles. The van der Waals surface area contributed by atoms with Crippen LogP contribution in [-0.2, 0) is 4.74 Å². The first-order valence-electron chi connectivity index (χ1n) is 8.55. The van der Waals surface area contributed by atoms with Crippen LogP contribution in [-0.4, -0.2) is 28.7 Å². The summed E-state index contributed by atoms with van der Waals surface area (Å²) in [5.41, 5.74) is 4.96. The number of carbonyl (C=O) groups excluding carboxylic acids is 1. The Morgan fingerprint density at radius 2 is 1.96 bits per heavy atom. The first-order valence-corrected chi connectivity index (χ1v) is 8.55. The standard InChI is InChI=1S/C20H27NO2/c1-13-7-6-8-18(14(13)2)15-11-16-9-10-17(12-15)21(16)19(22)23-20(3,4)5/h6-8,11,16-17H,9-10,12H2,1-5H3. The molecule has 1 fully saturated rings. The first-order chi connectivity index (χ1) is 10.8. The Labute approximate surface area is 139 Å². The molecule has 2 heterocycles.